The molecular formula is C14H19ClN2O3. The Morgan fingerprint density at radius 1 is 1.40 bits per heavy atom. The lowest BCUT2D eigenvalue weighted by atomic mass is 10.2. The third-order valence-electron chi connectivity index (χ3n) is 2.74. The average Bonchev–Trinajstić information content (AvgIpc) is 2.39. The minimum atomic E-state index is -0.514. The van der Waals surface area contributed by atoms with Crippen molar-refractivity contribution in [2.45, 2.75) is 33.2 Å². The van der Waals surface area contributed by atoms with Crippen molar-refractivity contribution < 1.29 is 14.3 Å². The molecule has 0 saturated carbocycles. The van der Waals surface area contributed by atoms with E-state index in [2.05, 4.69) is 10.6 Å². The normalized spacial score (nSPS) is 11.6. The van der Waals surface area contributed by atoms with E-state index in [-0.39, 0.29) is 12.6 Å². The Bertz CT molecular complexity index is 491. The maximum absolute atomic E-state index is 11.5. The van der Waals surface area contributed by atoms with Gasteiger partial charge in [0.2, 0.25) is 0 Å². The second-order valence-electron chi connectivity index (χ2n) is 4.53. The van der Waals surface area contributed by atoms with Crippen LogP contribution in [0.1, 0.15) is 25.8 Å². The standard InChI is InChI=1S/C14H19ClN2O3/c1-4-10(3)16-14(19)17-13(18)8-20-11-5-6-12(15)9(2)7-11/h5-7,10H,4,8H2,1-3H3,(H2,16,17,18,19)/t10-/m1/s1. The third kappa shape index (κ3) is 5.48. The van der Waals surface area contributed by atoms with Crippen molar-refractivity contribution in [1.82, 2.24) is 10.6 Å². The Balaban J connectivity index is 2.39. The monoisotopic (exact) mass is 298 g/mol. The van der Waals surface area contributed by atoms with Crippen LogP contribution in [0.5, 0.6) is 5.75 Å². The lowest BCUT2D eigenvalue weighted by molar-refractivity contribution is -0.122. The molecule has 0 aliphatic rings. The molecule has 0 bridgehead atoms. The van der Waals surface area contributed by atoms with Crippen molar-refractivity contribution >= 4 is 23.5 Å². The van der Waals surface area contributed by atoms with Crippen molar-refractivity contribution in [2.24, 2.45) is 0 Å². The number of carbonyl (C=O) groups is 2. The van der Waals surface area contributed by atoms with Gasteiger partial charge in [0.05, 0.1) is 0 Å². The Labute approximate surface area is 123 Å². The predicted molar refractivity (Wildman–Crippen MR) is 78.1 cm³/mol. The van der Waals surface area contributed by atoms with Crippen LogP contribution in [0.15, 0.2) is 18.2 Å². The summed E-state index contributed by atoms with van der Waals surface area (Å²) in [6.45, 7) is 5.42. The molecule has 0 aliphatic heterocycles. The van der Waals surface area contributed by atoms with E-state index in [4.69, 9.17) is 16.3 Å². The first-order valence-corrected chi connectivity index (χ1v) is 6.79. The van der Waals surface area contributed by atoms with E-state index in [9.17, 15) is 9.59 Å². The van der Waals surface area contributed by atoms with E-state index in [1.807, 2.05) is 20.8 Å². The largest absolute Gasteiger partial charge is 0.484 e. The molecule has 0 radical (unpaired) electrons. The fraction of sp³-hybridized carbons (Fsp3) is 0.429. The van der Waals surface area contributed by atoms with E-state index in [1.165, 1.54) is 0 Å². The number of amides is 3. The molecule has 0 unspecified atom stereocenters. The molecule has 0 aliphatic carbocycles. The molecule has 3 amide bonds. The number of urea groups is 1. The molecule has 1 atom stereocenters. The highest BCUT2D eigenvalue weighted by molar-refractivity contribution is 6.31. The van der Waals surface area contributed by atoms with Crippen molar-refractivity contribution in [2.75, 3.05) is 6.61 Å². The van der Waals surface area contributed by atoms with E-state index in [1.54, 1.807) is 18.2 Å². The number of nitrogens with one attached hydrogen (secondary N) is 2. The zero-order chi connectivity index (χ0) is 15.1. The van der Waals surface area contributed by atoms with Crippen molar-refractivity contribution in [1.29, 1.82) is 0 Å². The van der Waals surface area contributed by atoms with Crippen molar-refractivity contribution in [3.05, 3.63) is 28.8 Å². The van der Waals surface area contributed by atoms with E-state index in [0.29, 0.717) is 10.8 Å². The molecule has 0 fully saturated rings. The molecule has 5 nitrogen and oxygen atoms in total. The molecule has 0 aromatic heterocycles. The first-order chi connectivity index (χ1) is 9.42. The topological polar surface area (TPSA) is 67.4 Å². The average molecular weight is 299 g/mol. The van der Waals surface area contributed by atoms with Crippen LogP contribution in [0.4, 0.5) is 4.79 Å². The summed E-state index contributed by atoms with van der Waals surface area (Å²) in [5.74, 6) is 0.0304. The Morgan fingerprint density at radius 3 is 2.70 bits per heavy atom. The van der Waals surface area contributed by atoms with Crippen LogP contribution in [0, 0.1) is 6.92 Å². The van der Waals surface area contributed by atoms with Gasteiger partial charge in [0.1, 0.15) is 5.75 Å². The number of halogens is 1. The maximum atomic E-state index is 11.5. The summed E-state index contributed by atoms with van der Waals surface area (Å²) in [6.07, 6.45) is 0.794. The number of imide groups is 1. The fourth-order valence-corrected chi connectivity index (χ4v) is 1.50. The maximum Gasteiger partial charge on any atom is 0.321 e. The van der Waals surface area contributed by atoms with Gasteiger partial charge >= 0.3 is 6.03 Å². The second kappa shape index (κ2) is 7.75. The summed E-state index contributed by atoms with van der Waals surface area (Å²) in [7, 11) is 0. The number of benzene rings is 1. The summed E-state index contributed by atoms with van der Waals surface area (Å²) < 4.78 is 5.29. The fourth-order valence-electron chi connectivity index (χ4n) is 1.38. The van der Waals surface area contributed by atoms with Crippen LogP contribution in [0.25, 0.3) is 0 Å². The molecule has 1 rings (SSSR count). The van der Waals surface area contributed by atoms with Gasteiger partial charge in [-0.2, -0.15) is 0 Å². The molecule has 0 spiro atoms. The first-order valence-electron chi connectivity index (χ1n) is 6.41. The van der Waals surface area contributed by atoms with Crippen molar-refractivity contribution in [3.8, 4) is 5.75 Å². The number of rotatable bonds is 5. The van der Waals surface area contributed by atoms with Gasteiger partial charge in [-0.3, -0.25) is 10.1 Å². The van der Waals surface area contributed by atoms with E-state index in [0.717, 1.165) is 12.0 Å². The minimum absolute atomic E-state index is 0.0163. The van der Waals surface area contributed by atoms with Gasteiger partial charge in [0.25, 0.3) is 5.91 Å². The second-order valence-corrected chi connectivity index (χ2v) is 4.94. The van der Waals surface area contributed by atoms with Crippen LogP contribution >= 0.6 is 11.6 Å². The van der Waals surface area contributed by atoms with Gasteiger partial charge in [-0.1, -0.05) is 18.5 Å². The zero-order valence-corrected chi connectivity index (χ0v) is 12.6. The van der Waals surface area contributed by atoms with Gasteiger partial charge in [-0.25, -0.2) is 4.79 Å². The van der Waals surface area contributed by atoms with Gasteiger partial charge in [0.15, 0.2) is 6.61 Å². The molecule has 0 heterocycles. The quantitative estimate of drug-likeness (QED) is 0.878. The highest BCUT2D eigenvalue weighted by Gasteiger charge is 2.10. The molecule has 6 heteroatoms. The number of aryl methyl sites for hydroxylation is 1. The highest BCUT2D eigenvalue weighted by Crippen LogP contribution is 2.20. The van der Waals surface area contributed by atoms with E-state index >= 15 is 0 Å². The molecule has 110 valence electrons. The molecule has 20 heavy (non-hydrogen) atoms. The van der Waals surface area contributed by atoms with Crippen LogP contribution in [0.3, 0.4) is 0 Å². The summed E-state index contributed by atoms with van der Waals surface area (Å²) in [4.78, 5) is 22.9. The van der Waals surface area contributed by atoms with Crippen LogP contribution in [-0.2, 0) is 4.79 Å². The molecule has 0 saturated heterocycles. The molecule has 1 aromatic carbocycles. The molecule has 2 N–H and O–H groups in total. The minimum Gasteiger partial charge on any atom is -0.484 e. The van der Waals surface area contributed by atoms with Gasteiger partial charge in [0, 0.05) is 11.1 Å². The van der Waals surface area contributed by atoms with Crippen LogP contribution in [0.2, 0.25) is 5.02 Å². The Kier molecular flexibility index (Phi) is 6.31. The smallest absolute Gasteiger partial charge is 0.321 e. The number of ether oxygens (including phenoxy) is 1. The van der Waals surface area contributed by atoms with Crippen molar-refractivity contribution in [3.63, 3.8) is 0 Å². The number of carbonyl (C=O) groups excluding carboxylic acids is 2. The van der Waals surface area contributed by atoms with Crippen LogP contribution in [-0.4, -0.2) is 24.6 Å². The molecular weight excluding hydrogens is 280 g/mol. The number of hydrogen-bond donors (Lipinski definition) is 2. The first kappa shape index (κ1) is 16.3. The SMILES string of the molecule is CC[C@@H](C)NC(=O)NC(=O)COc1ccc(Cl)c(C)c1. The summed E-state index contributed by atoms with van der Waals surface area (Å²) in [5.41, 5.74) is 0.860. The summed E-state index contributed by atoms with van der Waals surface area (Å²) in [6, 6.07) is 4.60. The van der Waals surface area contributed by atoms with Gasteiger partial charge in [-0.05, 0) is 44.0 Å². The third-order valence-corrected chi connectivity index (χ3v) is 3.17. The Morgan fingerprint density at radius 2 is 2.10 bits per heavy atom. The van der Waals surface area contributed by atoms with Gasteiger partial charge < -0.3 is 10.1 Å². The highest BCUT2D eigenvalue weighted by atomic mass is 35.5. The molecule has 1 aromatic rings. The number of hydrogen-bond acceptors (Lipinski definition) is 3. The Hall–Kier alpha value is -1.75. The van der Waals surface area contributed by atoms with Gasteiger partial charge in [-0.15, -0.1) is 0 Å². The predicted octanol–water partition coefficient (Wildman–Crippen LogP) is 2.65. The van der Waals surface area contributed by atoms with E-state index < -0.39 is 11.9 Å². The zero-order valence-electron chi connectivity index (χ0n) is 11.8. The van der Waals surface area contributed by atoms with Crippen LogP contribution < -0.4 is 15.4 Å². The lowest BCUT2D eigenvalue weighted by Crippen LogP contribution is -2.44. The lowest BCUT2D eigenvalue weighted by Gasteiger charge is -2.12. The summed E-state index contributed by atoms with van der Waals surface area (Å²) >= 11 is 5.89. The summed E-state index contributed by atoms with van der Waals surface area (Å²) in [5, 5.41) is 5.47.